The number of amides is 3. The first-order valence-electron chi connectivity index (χ1n) is 12.7. The first-order valence-corrected chi connectivity index (χ1v) is 12.7. The van der Waals surface area contributed by atoms with Crippen LogP contribution < -0.4 is 10.6 Å². The molecule has 0 spiro atoms. The van der Waals surface area contributed by atoms with Gasteiger partial charge in [0.2, 0.25) is 5.91 Å². The summed E-state index contributed by atoms with van der Waals surface area (Å²) in [6, 6.07) is 17.2. The largest absolute Gasteiger partial charge is 0.385 e. The van der Waals surface area contributed by atoms with Crippen molar-refractivity contribution in [2.45, 2.75) is 52.9 Å². The standard InChI is InChI=1S/C29H39N5O3/c1-7-22-14-9-10-15-23(22)30-28(36)33(17-12-18-37-6)20-27(35)31-26-19-25(29(3,4)5)32-34(26)24-16-11-8-13-21(24)2/h8-11,13-16,19H,7,12,17-18,20H2,1-6H3,(H,30,36)(H,31,35). The molecule has 37 heavy (non-hydrogen) atoms. The van der Waals surface area contributed by atoms with Crippen LogP contribution in [0.2, 0.25) is 0 Å². The van der Waals surface area contributed by atoms with Crippen molar-refractivity contribution < 1.29 is 14.3 Å². The molecule has 0 saturated heterocycles. The predicted molar refractivity (Wildman–Crippen MR) is 149 cm³/mol. The minimum absolute atomic E-state index is 0.104. The molecule has 3 aromatic rings. The van der Waals surface area contributed by atoms with Crippen LogP contribution >= 0.6 is 0 Å². The van der Waals surface area contributed by atoms with Crippen LogP contribution in [-0.4, -0.2) is 53.4 Å². The Kier molecular flexibility index (Phi) is 9.47. The van der Waals surface area contributed by atoms with E-state index in [1.807, 2.05) is 68.4 Å². The third-order valence-corrected chi connectivity index (χ3v) is 6.13. The highest BCUT2D eigenvalue weighted by Gasteiger charge is 2.24. The van der Waals surface area contributed by atoms with Gasteiger partial charge >= 0.3 is 6.03 Å². The number of hydrogen-bond acceptors (Lipinski definition) is 4. The highest BCUT2D eigenvalue weighted by molar-refractivity contribution is 5.97. The van der Waals surface area contributed by atoms with Crippen molar-refractivity contribution in [2.24, 2.45) is 0 Å². The zero-order chi connectivity index (χ0) is 27.0. The zero-order valence-electron chi connectivity index (χ0n) is 22.8. The van der Waals surface area contributed by atoms with Crippen molar-refractivity contribution in [2.75, 3.05) is 37.4 Å². The molecule has 3 amide bonds. The van der Waals surface area contributed by atoms with E-state index in [0.717, 1.165) is 34.6 Å². The quantitative estimate of drug-likeness (QED) is 0.354. The summed E-state index contributed by atoms with van der Waals surface area (Å²) in [6.45, 7) is 11.1. The fourth-order valence-electron chi connectivity index (χ4n) is 3.97. The number of anilines is 2. The number of urea groups is 1. The van der Waals surface area contributed by atoms with Crippen LogP contribution in [0.15, 0.2) is 54.6 Å². The van der Waals surface area contributed by atoms with Crippen molar-refractivity contribution in [1.29, 1.82) is 0 Å². The van der Waals surface area contributed by atoms with E-state index in [1.165, 1.54) is 4.90 Å². The summed E-state index contributed by atoms with van der Waals surface area (Å²) in [7, 11) is 1.62. The lowest BCUT2D eigenvalue weighted by Crippen LogP contribution is -2.41. The van der Waals surface area contributed by atoms with E-state index in [-0.39, 0.29) is 23.9 Å². The molecule has 1 heterocycles. The van der Waals surface area contributed by atoms with Gasteiger partial charge in [0.05, 0.1) is 11.4 Å². The second-order valence-corrected chi connectivity index (χ2v) is 10.1. The van der Waals surface area contributed by atoms with E-state index >= 15 is 0 Å². The summed E-state index contributed by atoms with van der Waals surface area (Å²) in [4.78, 5) is 28.0. The summed E-state index contributed by atoms with van der Waals surface area (Å²) >= 11 is 0. The van der Waals surface area contributed by atoms with E-state index < -0.39 is 0 Å². The Morgan fingerprint density at radius 3 is 2.43 bits per heavy atom. The average Bonchev–Trinajstić information content (AvgIpc) is 3.28. The molecule has 0 unspecified atom stereocenters. The Balaban J connectivity index is 1.83. The van der Waals surface area contributed by atoms with Gasteiger partial charge in [-0.05, 0) is 43.0 Å². The smallest absolute Gasteiger partial charge is 0.322 e. The van der Waals surface area contributed by atoms with Crippen LogP contribution in [0.3, 0.4) is 0 Å². The van der Waals surface area contributed by atoms with Gasteiger partial charge in [-0.15, -0.1) is 0 Å². The highest BCUT2D eigenvalue weighted by atomic mass is 16.5. The molecule has 3 rings (SSSR count). The number of aryl methyl sites for hydroxylation is 2. The molecule has 0 aliphatic rings. The maximum atomic E-state index is 13.3. The molecule has 0 atom stereocenters. The lowest BCUT2D eigenvalue weighted by Gasteiger charge is -2.23. The number of para-hydroxylation sites is 2. The van der Waals surface area contributed by atoms with Gasteiger partial charge in [-0.1, -0.05) is 64.1 Å². The Hall–Kier alpha value is -3.65. The third kappa shape index (κ3) is 7.43. The Labute approximate surface area is 220 Å². The molecule has 1 aromatic heterocycles. The number of carbonyl (C=O) groups is 2. The van der Waals surface area contributed by atoms with Crippen molar-refractivity contribution in [3.8, 4) is 5.69 Å². The highest BCUT2D eigenvalue weighted by Crippen LogP contribution is 2.27. The minimum Gasteiger partial charge on any atom is -0.385 e. The van der Waals surface area contributed by atoms with E-state index in [4.69, 9.17) is 9.84 Å². The monoisotopic (exact) mass is 505 g/mol. The molecule has 0 bridgehead atoms. The number of carbonyl (C=O) groups excluding carboxylic acids is 2. The lowest BCUT2D eigenvalue weighted by molar-refractivity contribution is -0.116. The molecule has 0 aliphatic carbocycles. The molecular formula is C29H39N5O3. The van der Waals surface area contributed by atoms with Crippen LogP contribution in [-0.2, 0) is 21.4 Å². The number of nitrogens with one attached hydrogen (secondary N) is 2. The number of nitrogens with zero attached hydrogens (tertiary/aromatic N) is 3. The second-order valence-electron chi connectivity index (χ2n) is 10.1. The van der Waals surface area contributed by atoms with Crippen molar-refractivity contribution in [3.05, 3.63) is 71.4 Å². The maximum Gasteiger partial charge on any atom is 0.322 e. The summed E-state index contributed by atoms with van der Waals surface area (Å²) in [5.74, 6) is 0.268. The molecule has 198 valence electrons. The average molecular weight is 506 g/mol. The molecule has 2 aromatic carbocycles. The van der Waals surface area contributed by atoms with Gasteiger partial charge in [-0.25, -0.2) is 9.48 Å². The third-order valence-electron chi connectivity index (χ3n) is 6.13. The van der Waals surface area contributed by atoms with Crippen LogP contribution in [0.5, 0.6) is 0 Å². The fourth-order valence-corrected chi connectivity index (χ4v) is 3.97. The summed E-state index contributed by atoms with van der Waals surface area (Å²) in [5.41, 5.74) is 4.37. The molecular weight excluding hydrogens is 466 g/mol. The van der Waals surface area contributed by atoms with Crippen LogP contribution in [0, 0.1) is 6.92 Å². The molecule has 0 aliphatic heterocycles. The molecule has 8 nitrogen and oxygen atoms in total. The lowest BCUT2D eigenvalue weighted by atomic mass is 9.92. The van der Waals surface area contributed by atoms with Gasteiger partial charge in [0, 0.05) is 37.4 Å². The number of benzene rings is 2. The van der Waals surface area contributed by atoms with Gasteiger partial charge in [0.15, 0.2) is 0 Å². The van der Waals surface area contributed by atoms with Crippen molar-refractivity contribution >= 4 is 23.4 Å². The number of aromatic nitrogens is 2. The second kappa shape index (κ2) is 12.5. The number of methoxy groups -OCH3 is 1. The molecule has 0 radical (unpaired) electrons. The Morgan fingerprint density at radius 2 is 1.76 bits per heavy atom. The van der Waals surface area contributed by atoms with Gasteiger partial charge in [0.1, 0.15) is 12.4 Å². The summed E-state index contributed by atoms with van der Waals surface area (Å²) in [6.07, 6.45) is 1.40. The van der Waals surface area contributed by atoms with Crippen molar-refractivity contribution in [3.63, 3.8) is 0 Å². The molecule has 0 fully saturated rings. The van der Waals surface area contributed by atoms with E-state index in [9.17, 15) is 9.59 Å². The number of rotatable bonds is 10. The van der Waals surface area contributed by atoms with Crippen LogP contribution in [0.1, 0.15) is 50.9 Å². The van der Waals surface area contributed by atoms with E-state index in [1.54, 1.807) is 11.8 Å². The molecule has 2 N–H and O–H groups in total. The fraction of sp³-hybridized carbons (Fsp3) is 0.414. The van der Waals surface area contributed by atoms with Gasteiger partial charge in [-0.2, -0.15) is 5.10 Å². The van der Waals surface area contributed by atoms with Crippen molar-refractivity contribution in [1.82, 2.24) is 14.7 Å². The molecule has 8 heteroatoms. The first-order chi connectivity index (χ1) is 17.6. The Bertz CT molecular complexity index is 1210. The molecule has 0 saturated carbocycles. The topological polar surface area (TPSA) is 88.5 Å². The van der Waals surface area contributed by atoms with Crippen LogP contribution in [0.25, 0.3) is 5.69 Å². The zero-order valence-corrected chi connectivity index (χ0v) is 22.8. The van der Waals surface area contributed by atoms with Gasteiger partial charge in [0.25, 0.3) is 0 Å². The minimum atomic E-state index is -0.324. The van der Waals surface area contributed by atoms with Gasteiger partial charge in [-0.3, -0.25) is 4.79 Å². The number of ether oxygens (including phenoxy) is 1. The SMILES string of the molecule is CCc1ccccc1NC(=O)N(CCCOC)CC(=O)Nc1cc(C(C)(C)C)nn1-c1ccccc1C. The van der Waals surface area contributed by atoms with E-state index in [2.05, 4.69) is 31.4 Å². The normalized spacial score (nSPS) is 11.3. The predicted octanol–water partition coefficient (Wildman–Crippen LogP) is 5.55. The van der Waals surface area contributed by atoms with Gasteiger partial charge < -0.3 is 20.3 Å². The Morgan fingerprint density at radius 1 is 1.05 bits per heavy atom. The maximum absolute atomic E-state index is 13.3. The van der Waals surface area contributed by atoms with E-state index in [0.29, 0.717) is 25.4 Å². The first kappa shape index (κ1) is 27.9. The summed E-state index contributed by atoms with van der Waals surface area (Å²) < 4.78 is 6.93. The summed E-state index contributed by atoms with van der Waals surface area (Å²) in [5, 5.41) is 10.8. The number of hydrogen-bond donors (Lipinski definition) is 2. The van der Waals surface area contributed by atoms with Crippen LogP contribution in [0.4, 0.5) is 16.3 Å².